The van der Waals surface area contributed by atoms with Crippen molar-refractivity contribution >= 4 is 23.9 Å². The molecule has 1 aliphatic rings. The van der Waals surface area contributed by atoms with E-state index in [1.165, 1.54) is 0 Å². The summed E-state index contributed by atoms with van der Waals surface area (Å²) < 4.78 is 30.2. The summed E-state index contributed by atoms with van der Waals surface area (Å²) in [6.07, 6.45) is -4.04. The average Bonchev–Trinajstić information content (AvgIpc) is 2.71. The molecule has 1 heterocycles. The lowest BCUT2D eigenvalue weighted by Crippen LogP contribution is -2.63. The smallest absolute Gasteiger partial charge is 0.306 e. The standard InChI is InChI=1S/C34H60O9/c1-21(2)15-22-28(41-25(36)17-32(6,7)8)30(43-27(38)19-34(12,13)14)29(42-26(37)18-33(9,10)11)23(40-22)20-39-24(35)16-31(3,4)5/h21-23,28-30H,15-20H2,1-14H3. The zero-order valence-electron chi connectivity index (χ0n) is 29.4. The summed E-state index contributed by atoms with van der Waals surface area (Å²) in [7, 11) is 0. The van der Waals surface area contributed by atoms with Crippen molar-refractivity contribution in [2.45, 2.75) is 160 Å². The van der Waals surface area contributed by atoms with Gasteiger partial charge in [0.2, 0.25) is 0 Å². The fraction of sp³-hybridized carbons (Fsp3) is 0.882. The first-order chi connectivity index (χ1) is 19.2. The molecular formula is C34H60O9. The van der Waals surface area contributed by atoms with Crippen LogP contribution < -0.4 is 0 Å². The molecule has 0 aromatic rings. The fourth-order valence-electron chi connectivity index (χ4n) is 4.74. The summed E-state index contributed by atoms with van der Waals surface area (Å²) in [5, 5.41) is 0. The van der Waals surface area contributed by atoms with Crippen LogP contribution in [-0.4, -0.2) is 61.0 Å². The van der Waals surface area contributed by atoms with Crippen molar-refractivity contribution in [3.8, 4) is 0 Å². The Labute approximate surface area is 260 Å². The number of ether oxygens (including phenoxy) is 5. The van der Waals surface area contributed by atoms with E-state index in [2.05, 4.69) is 0 Å². The van der Waals surface area contributed by atoms with E-state index in [0.29, 0.717) is 6.42 Å². The fourth-order valence-corrected chi connectivity index (χ4v) is 4.74. The zero-order chi connectivity index (χ0) is 33.6. The van der Waals surface area contributed by atoms with Gasteiger partial charge in [-0.15, -0.1) is 0 Å². The van der Waals surface area contributed by atoms with Gasteiger partial charge in [-0.2, -0.15) is 0 Å². The third kappa shape index (κ3) is 16.5. The van der Waals surface area contributed by atoms with Crippen molar-refractivity contribution in [1.82, 2.24) is 0 Å². The van der Waals surface area contributed by atoms with Crippen LogP contribution in [0.2, 0.25) is 0 Å². The number of carbonyl (C=O) groups is 4. The highest BCUT2D eigenvalue weighted by Gasteiger charge is 2.53. The van der Waals surface area contributed by atoms with Crippen LogP contribution in [0.25, 0.3) is 0 Å². The molecule has 9 nitrogen and oxygen atoms in total. The summed E-state index contributed by atoms with van der Waals surface area (Å²) in [4.78, 5) is 52.3. The number of rotatable bonds is 11. The maximum Gasteiger partial charge on any atom is 0.306 e. The summed E-state index contributed by atoms with van der Waals surface area (Å²) in [6, 6.07) is 0. The van der Waals surface area contributed by atoms with Gasteiger partial charge < -0.3 is 23.7 Å². The number of esters is 4. The quantitative estimate of drug-likeness (QED) is 0.183. The van der Waals surface area contributed by atoms with Gasteiger partial charge in [0.05, 0.1) is 31.8 Å². The second-order valence-corrected chi connectivity index (χ2v) is 17.3. The Morgan fingerprint density at radius 2 is 0.860 bits per heavy atom. The van der Waals surface area contributed by atoms with Crippen LogP contribution in [-0.2, 0) is 42.9 Å². The normalized spacial score (nSPS) is 23.5. The minimum absolute atomic E-state index is 0.0899. The molecule has 1 saturated heterocycles. The highest BCUT2D eigenvalue weighted by atomic mass is 16.7. The first-order valence-electron chi connectivity index (χ1n) is 15.6. The molecule has 1 aliphatic heterocycles. The van der Waals surface area contributed by atoms with Gasteiger partial charge in [0, 0.05) is 0 Å². The molecule has 0 aromatic heterocycles. The number of hydrogen-bond donors (Lipinski definition) is 0. The van der Waals surface area contributed by atoms with E-state index >= 15 is 0 Å². The van der Waals surface area contributed by atoms with Gasteiger partial charge >= 0.3 is 23.9 Å². The Kier molecular flexibility index (Phi) is 13.8. The van der Waals surface area contributed by atoms with Crippen LogP contribution in [0.4, 0.5) is 0 Å². The third-order valence-electron chi connectivity index (χ3n) is 6.34. The predicted molar refractivity (Wildman–Crippen MR) is 165 cm³/mol. The van der Waals surface area contributed by atoms with Crippen LogP contribution in [0.3, 0.4) is 0 Å². The average molecular weight is 613 g/mol. The Balaban J connectivity index is 3.61. The van der Waals surface area contributed by atoms with Crippen LogP contribution in [0.15, 0.2) is 0 Å². The topological polar surface area (TPSA) is 114 Å². The van der Waals surface area contributed by atoms with Crippen molar-refractivity contribution in [1.29, 1.82) is 0 Å². The molecule has 1 rings (SSSR count). The Morgan fingerprint density at radius 1 is 0.535 bits per heavy atom. The summed E-state index contributed by atoms with van der Waals surface area (Å²) in [5.41, 5.74) is -1.39. The van der Waals surface area contributed by atoms with E-state index in [1.807, 2.05) is 96.9 Å². The van der Waals surface area contributed by atoms with Gasteiger partial charge in [-0.1, -0.05) is 96.9 Å². The second kappa shape index (κ2) is 15.2. The van der Waals surface area contributed by atoms with Crippen molar-refractivity contribution < 1.29 is 42.9 Å². The molecule has 1 fully saturated rings. The van der Waals surface area contributed by atoms with Gasteiger partial charge in [-0.3, -0.25) is 19.2 Å². The molecule has 5 unspecified atom stereocenters. The Morgan fingerprint density at radius 3 is 1.21 bits per heavy atom. The number of hydrogen-bond acceptors (Lipinski definition) is 9. The molecule has 0 radical (unpaired) electrons. The Hall–Kier alpha value is -2.16. The monoisotopic (exact) mass is 612 g/mol. The molecule has 5 atom stereocenters. The maximum absolute atomic E-state index is 13.3. The molecule has 0 N–H and O–H groups in total. The van der Waals surface area contributed by atoms with Crippen LogP contribution >= 0.6 is 0 Å². The molecule has 9 heteroatoms. The van der Waals surface area contributed by atoms with Crippen LogP contribution in [0, 0.1) is 27.6 Å². The minimum atomic E-state index is -1.17. The van der Waals surface area contributed by atoms with E-state index in [-0.39, 0.29) is 59.9 Å². The molecule has 0 aliphatic carbocycles. The van der Waals surface area contributed by atoms with Crippen molar-refractivity contribution in [3.05, 3.63) is 0 Å². The second-order valence-electron chi connectivity index (χ2n) is 17.3. The lowest BCUT2D eigenvalue weighted by atomic mass is 9.88. The molecule has 250 valence electrons. The van der Waals surface area contributed by atoms with E-state index in [4.69, 9.17) is 23.7 Å². The summed E-state index contributed by atoms with van der Waals surface area (Å²) in [5.74, 6) is -1.80. The van der Waals surface area contributed by atoms with E-state index < -0.39 is 54.4 Å². The van der Waals surface area contributed by atoms with Crippen LogP contribution in [0.5, 0.6) is 0 Å². The minimum Gasteiger partial charge on any atom is -0.463 e. The van der Waals surface area contributed by atoms with Gasteiger partial charge in [0.1, 0.15) is 12.7 Å². The lowest BCUT2D eigenvalue weighted by molar-refractivity contribution is -0.257. The highest BCUT2D eigenvalue weighted by Crippen LogP contribution is 2.35. The first kappa shape index (κ1) is 38.9. The molecule has 0 saturated carbocycles. The largest absolute Gasteiger partial charge is 0.463 e. The highest BCUT2D eigenvalue weighted by molar-refractivity contribution is 5.73. The van der Waals surface area contributed by atoms with Crippen molar-refractivity contribution in [2.75, 3.05) is 6.61 Å². The molecular weight excluding hydrogens is 552 g/mol. The van der Waals surface area contributed by atoms with Crippen LogP contribution in [0.1, 0.15) is 129 Å². The van der Waals surface area contributed by atoms with E-state index in [9.17, 15) is 19.2 Å². The van der Waals surface area contributed by atoms with Gasteiger partial charge in [0.15, 0.2) is 18.3 Å². The molecule has 0 spiro atoms. The maximum atomic E-state index is 13.3. The Bertz CT molecular complexity index is 941. The summed E-state index contributed by atoms with van der Waals surface area (Å²) in [6.45, 7) is 26.9. The predicted octanol–water partition coefficient (Wildman–Crippen LogP) is 6.82. The third-order valence-corrected chi connectivity index (χ3v) is 6.34. The lowest BCUT2D eigenvalue weighted by Gasteiger charge is -2.45. The zero-order valence-corrected chi connectivity index (χ0v) is 29.4. The molecule has 0 aromatic carbocycles. The molecule has 0 bridgehead atoms. The SMILES string of the molecule is CC(C)CC1OC(COC(=O)CC(C)(C)C)C(OC(=O)CC(C)(C)C)C(OC(=O)CC(C)(C)C)C1OC(=O)CC(C)(C)C. The summed E-state index contributed by atoms with van der Waals surface area (Å²) >= 11 is 0. The number of carbonyl (C=O) groups excluding carboxylic acids is 4. The van der Waals surface area contributed by atoms with Gasteiger partial charge in [0.25, 0.3) is 0 Å². The van der Waals surface area contributed by atoms with E-state index in [0.717, 1.165) is 0 Å². The van der Waals surface area contributed by atoms with Gasteiger partial charge in [-0.05, 0) is 34.0 Å². The van der Waals surface area contributed by atoms with Crippen molar-refractivity contribution in [3.63, 3.8) is 0 Å². The molecule has 43 heavy (non-hydrogen) atoms. The van der Waals surface area contributed by atoms with Crippen molar-refractivity contribution in [2.24, 2.45) is 27.6 Å². The van der Waals surface area contributed by atoms with E-state index in [1.54, 1.807) is 0 Å². The molecule has 0 amide bonds. The first-order valence-corrected chi connectivity index (χ1v) is 15.6. The van der Waals surface area contributed by atoms with Gasteiger partial charge in [-0.25, -0.2) is 0 Å².